The highest BCUT2D eigenvalue weighted by molar-refractivity contribution is 5.96. The molecule has 1 heterocycles. The number of hydrogen-bond acceptors (Lipinski definition) is 3. The van der Waals surface area contributed by atoms with Gasteiger partial charge in [0.2, 0.25) is 5.91 Å². The van der Waals surface area contributed by atoms with E-state index in [1.807, 2.05) is 5.32 Å². The van der Waals surface area contributed by atoms with Crippen LogP contribution in [0.15, 0.2) is 24.3 Å². The Hall–Kier alpha value is -2.09. The predicted molar refractivity (Wildman–Crippen MR) is 61.1 cm³/mol. The Bertz CT molecular complexity index is 531. The fourth-order valence-corrected chi connectivity index (χ4v) is 1.66. The zero-order valence-electron chi connectivity index (χ0n) is 10.2. The molecule has 1 N–H and O–H groups in total. The van der Waals surface area contributed by atoms with Gasteiger partial charge in [0.1, 0.15) is 6.61 Å². The largest absolute Gasteiger partial charge is 0.416 e. The standard InChI is InChI=1S/C12H11F3N2O3/c13-12(14,15)9-3-1-2-8(6-9)7-20-17-5-4-10(18)16-11(17)19/h1-3,6H,4-5,7H2,(H,16,18,19). The highest BCUT2D eigenvalue weighted by Gasteiger charge is 2.30. The second-order valence-electron chi connectivity index (χ2n) is 4.18. The van der Waals surface area contributed by atoms with Crippen LogP contribution >= 0.6 is 0 Å². The molecule has 2 rings (SSSR count). The van der Waals surface area contributed by atoms with E-state index in [1.165, 1.54) is 12.1 Å². The normalized spacial score (nSPS) is 16.2. The summed E-state index contributed by atoms with van der Waals surface area (Å²) < 4.78 is 37.5. The predicted octanol–water partition coefficient (Wildman–Crippen LogP) is 2.08. The maximum atomic E-state index is 12.5. The minimum Gasteiger partial charge on any atom is -0.276 e. The lowest BCUT2D eigenvalue weighted by Crippen LogP contribution is -2.49. The van der Waals surface area contributed by atoms with Gasteiger partial charge in [-0.15, -0.1) is 0 Å². The van der Waals surface area contributed by atoms with Gasteiger partial charge in [-0.3, -0.25) is 14.9 Å². The van der Waals surface area contributed by atoms with Gasteiger partial charge in [-0.05, 0) is 17.7 Å². The molecule has 0 atom stereocenters. The third-order valence-corrected chi connectivity index (χ3v) is 2.66. The van der Waals surface area contributed by atoms with E-state index in [0.29, 0.717) is 0 Å². The molecule has 0 radical (unpaired) electrons. The number of hydroxylamine groups is 2. The van der Waals surface area contributed by atoms with Crippen LogP contribution in [-0.4, -0.2) is 23.5 Å². The lowest BCUT2D eigenvalue weighted by molar-refractivity contribution is -0.148. The molecule has 1 aliphatic rings. The number of carbonyl (C=O) groups is 2. The molecule has 20 heavy (non-hydrogen) atoms. The average molecular weight is 288 g/mol. The molecular weight excluding hydrogens is 277 g/mol. The summed E-state index contributed by atoms with van der Waals surface area (Å²) in [4.78, 5) is 27.3. The lowest BCUT2D eigenvalue weighted by atomic mass is 10.1. The average Bonchev–Trinajstić information content (AvgIpc) is 2.37. The van der Waals surface area contributed by atoms with Crippen LogP contribution in [0.1, 0.15) is 17.5 Å². The van der Waals surface area contributed by atoms with Crippen LogP contribution in [0.4, 0.5) is 18.0 Å². The first kappa shape index (κ1) is 14.3. The topological polar surface area (TPSA) is 58.6 Å². The van der Waals surface area contributed by atoms with Gasteiger partial charge in [0.05, 0.1) is 12.1 Å². The molecule has 1 saturated heterocycles. The number of carbonyl (C=O) groups excluding carboxylic acids is 2. The zero-order valence-corrected chi connectivity index (χ0v) is 10.2. The van der Waals surface area contributed by atoms with Gasteiger partial charge in [-0.25, -0.2) is 9.86 Å². The molecule has 1 aromatic rings. The van der Waals surface area contributed by atoms with Crippen molar-refractivity contribution in [1.29, 1.82) is 0 Å². The third-order valence-electron chi connectivity index (χ3n) is 2.66. The van der Waals surface area contributed by atoms with Crippen molar-refractivity contribution in [2.45, 2.75) is 19.2 Å². The van der Waals surface area contributed by atoms with Crippen molar-refractivity contribution in [3.05, 3.63) is 35.4 Å². The van der Waals surface area contributed by atoms with Gasteiger partial charge in [0.15, 0.2) is 0 Å². The van der Waals surface area contributed by atoms with Crippen LogP contribution in [0.3, 0.4) is 0 Å². The van der Waals surface area contributed by atoms with Crippen molar-refractivity contribution < 1.29 is 27.6 Å². The molecule has 0 aromatic heterocycles. The van der Waals surface area contributed by atoms with E-state index in [-0.39, 0.29) is 25.1 Å². The Morgan fingerprint density at radius 3 is 2.70 bits per heavy atom. The van der Waals surface area contributed by atoms with E-state index in [9.17, 15) is 22.8 Å². The summed E-state index contributed by atoms with van der Waals surface area (Å²) in [5, 5.41) is 2.96. The van der Waals surface area contributed by atoms with Gasteiger partial charge >= 0.3 is 12.2 Å². The van der Waals surface area contributed by atoms with Crippen LogP contribution in [-0.2, 0) is 22.4 Å². The minimum atomic E-state index is -4.43. The zero-order chi connectivity index (χ0) is 14.8. The molecule has 0 unspecified atom stereocenters. The van der Waals surface area contributed by atoms with Crippen LogP contribution < -0.4 is 5.32 Å². The van der Waals surface area contributed by atoms with E-state index in [4.69, 9.17) is 4.84 Å². The first-order chi connectivity index (χ1) is 9.36. The number of imide groups is 1. The second-order valence-corrected chi connectivity index (χ2v) is 4.18. The summed E-state index contributed by atoms with van der Waals surface area (Å²) >= 11 is 0. The molecule has 0 saturated carbocycles. The maximum absolute atomic E-state index is 12.5. The molecule has 0 bridgehead atoms. The molecule has 1 aliphatic heterocycles. The highest BCUT2D eigenvalue weighted by Crippen LogP contribution is 2.29. The summed E-state index contributed by atoms with van der Waals surface area (Å²) in [6, 6.07) is 3.92. The van der Waals surface area contributed by atoms with Gasteiger partial charge in [-0.2, -0.15) is 13.2 Å². The van der Waals surface area contributed by atoms with Crippen molar-refractivity contribution in [1.82, 2.24) is 10.4 Å². The van der Waals surface area contributed by atoms with Gasteiger partial charge in [0, 0.05) is 6.42 Å². The lowest BCUT2D eigenvalue weighted by Gasteiger charge is -2.25. The van der Waals surface area contributed by atoms with Crippen LogP contribution in [0.5, 0.6) is 0 Å². The van der Waals surface area contributed by atoms with Gasteiger partial charge in [0.25, 0.3) is 0 Å². The number of rotatable bonds is 3. The van der Waals surface area contributed by atoms with Crippen molar-refractivity contribution >= 4 is 11.9 Å². The number of benzene rings is 1. The summed E-state index contributed by atoms with van der Waals surface area (Å²) in [5.74, 6) is -0.408. The minimum absolute atomic E-state index is 0.0730. The summed E-state index contributed by atoms with van der Waals surface area (Å²) in [5.41, 5.74) is -0.499. The molecule has 0 spiro atoms. The number of hydrogen-bond donors (Lipinski definition) is 1. The fourth-order valence-electron chi connectivity index (χ4n) is 1.66. The smallest absolute Gasteiger partial charge is 0.276 e. The Kier molecular flexibility index (Phi) is 3.93. The van der Waals surface area contributed by atoms with Crippen molar-refractivity contribution in [2.75, 3.05) is 6.54 Å². The number of alkyl halides is 3. The van der Waals surface area contributed by atoms with Crippen LogP contribution in [0.2, 0.25) is 0 Å². The number of urea groups is 1. The van der Waals surface area contributed by atoms with Crippen LogP contribution in [0.25, 0.3) is 0 Å². The molecule has 8 heteroatoms. The highest BCUT2D eigenvalue weighted by atomic mass is 19.4. The Labute approximate surface area is 112 Å². The molecule has 1 aromatic carbocycles. The first-order valence-electron chi connectivity index (χ1n) is 5.76. The maximum Gasteiger partial charge on any atom is 0.416 e. The van der Waals surface area contributed by atoms with Crippen molar-refractivity contribution in [3.8, 4) is 0 Å². The molecule has 1 fully saturated rings. The quantitative estimate of drug-likeness (QED) is 0.926. The Morgan fingerprint density at radius 2 is 2.05 bits per heavy atom. The van der Waals surface area contributed by atoms with Crippen molar-refractivity contribution in [3.63, 3.8) is 0 Å². The first-order valence-corrected chi connectivity index (χ1v) is 5.76. The molecule has 5 nitrogen and oxygen atoms in total. The molecule has 0 aliphatic carbocycles. The van der Waals surface area contributed by atoms with Crippen LogP contribution in [0, 0.1) is 0 Å². The van der Waals surface area contributed by atoms with E-state index in [0.717, 1.165) is 17.2 Å². The fraction of sp³-hybridized carbons (Fsp3) is 0.333. The van der Waals surface area contributed by atoms with E-state index >= 15 is 0 Å². The van der Waals surface area contributed by atoms with E-state index in [2.05, 4.69) is 0 Å². The Balaban J connectivity index is 1.97. The molecule has 3 amide bonds. The van der Waals surface area contributed by atoms with E-state index < -0.39 is 23.7 Å². The number of nitrogens with one attached hydrogen (secondary N) is 1. The van der Waals surface area contributed by atoms with Gasteiger partial charge < -0.3 is 0 Å². The SMILES string of the molecule is O=C1CCN(OCc2cccc(C(F)(F)F)c2)C(=O)N1. The molecule has 108 valence electrons. The van der Waals surface area contributed by atoms with E-state index in [1.54, 1.807) is 0 Å². The number of amides is 3. The third kappa shape index (κ3) is 3.47. The molecular formula is C12H11F3N2O3. The van der Waals surface area contributed by atoms with Crippen molar-refractivity contribution in [2.24, 2.45) is 0 Å². The number of halogens is 3. The summed E-state index contributed by atoms with van der Waals surface area (Å²) in [6.07, 6.45) is -4.33. The van der Waals surface area contributed by atoms with Gasteiger partial charge in [-0.1, -0.05) is 12.1 Å². The number of nitrogens with zero attached hydrogens (tertiary/aromatic N) is 1. The monoisotopic (exact) mass is 288 g/mol. The second kappa shape index (κ2) is 5.49. The summed E-state index contributed by atoms with van der Waals surface area (Å²) in [6.45, 7) is -0.116. The Morgan fingerprint density at radius 1 is 1.30 bits per heavy atom. The summed E-state index contributed by atoms with van der Waals surface area (Å²) in [7, 11) is 0.